The van der Waals surface area contributed by atoms with Crippen molar-refractivity contribution >= 4 is 12.0 Å². The molecule has 1 fully saturated rings. The van der Waals surface area contributed by atoms with E-state index in [0.29, 0.717) is 5.92 Å². The van der Waals surface area contributed by atoms with Crippen molar-refractivity contribution in [1.29, 1.82) is 0 Å². The van der Waals surface area contributed by atoms with Crippen molar-refractivity contribution in [2.45, 2.75) is 65.0 Å². The fourth-order valence-electron chi connectivity index (χ4n) is 2.65. The van der Waals surface area contributed by atoms with Crippen LogP contribution in [0.2, 0.25) is 0 Å². The number of carboxylic acid groups (broad SMARTS) is 1. The van der Waals surface area contributed by atoms with Gasteiger partial charge in [-0.2, -0.15) is 0 Å². The summed E-state index contributed by atoms with van der Waals surface area (Å²) in [6.45, 7) is 5.61. The van der Waals surface area contributed by atoms with E-state index in [1.54, 1.807) is 0 Å². The minimum atomic E-state index is -0.969. The van der Waals surface area contributed by atoms with Gasteiger partial charge in [0.05, 0.1) is 0 Å². The normalized spacial score (nSPS) is 18.9. The highest BCUT2D eigenvalue weighted by molar-refractivity contribution is 5.80. The monoisotopic (exact) mass is 270 g/mol. The van der Waals surface area contributed by atoms with Crippen molar-refractivity contribution < 1.29 is 14.7 Å². The number of nitrogens with one attached hydrogen (secondary N) is 1. The average Bonchev–Trinajstić information content (AvgIpc) is 2.88. The van der Waals surface area contributed by atoms with Crippen LogP contribution in [0.3, 0.4) is 0 Å². The molecule has 2 N–H and O–H groups in total. The van der Waals surface area contributed by atoms with E-state index in [2.05, 4.69) is 5.32 Å². The highest BCUT2D eigenvalue weighted by atomic mass is 16.4. The number of amides is 2. The second-order valence-corrected chi connectivity index (χ2v) is 5.56. The van der Waals surface area contributed by atoms with E-state index in [1.807, 2.05) is 20.8 Å². The Labute approximate surface area is 115 Å². The number of rotatable bonds is 6. The van der Waals surface area contributed by atoms with Gasteiger partial charge in [-0.3, -0.25) is 4.79 Å². The average molecular weight is 270 g/mol. The molecule has 2 amide bonds. The highest BCUT2D eigenvalue weighted by Gasteiger charge is 2.27. The van der Waals surface area contributed by atoms with Crippen LogP contribution in [0.1, 0.15) is 52.9 Å². The zero-order valence-corrected chi connectivity index (χ0v) is 12.2. The molecule has 110 valence electrons. The SMILES string of the molecule is CCC(C)N(CC(=O)O)C(=O)NC(C)C1CCCC1. The van der Waals surface area contributed by atoms with Crippen molar-refractivity contribution in [2.75, 3.05) is 6.54 Å². The first-order valence-electron chi connectivity index (χ1n) is 7.24. The van der Waals surface area contributed by atoms with E-state index in [1.165, 1.54) is 17.7 Å². The maximum Gasteiger partial charge on any atom is 0.323 e. The quantitative estimate of drug-likeness (QED) is 0.779. The molecule has 19 heavy (non-hydrogen) atoms. The van der Waals surface area contributed by atoms with Gasteiger partial charge in [0.1, 0.15) is 6.54 Å². The molecular weight excluding hydrogens is 244 g/mol. The van der Waals surface area contributed by atoms with Gasteiger partial charge in [-0.1, -0.05) is 19.8 Å². The van der Waals surface area contributed by atoms with Crippen LogP contribution in [0.15, 0.2) is 0 Å². The highest BCUT2D eigenvalue weighted by Crippen LogP contribution is 2.27. The van der Waals surface area contributed by atoms with E-state index in [0.717, 1.165) is 19.3 Å². The summed E-state index contributed by atoms with van der Waals surface area (Å²) >= 11 is 0. The summed E-state index contributed by atoms with van der Waals surface area (Å²) in [7, 11) is 0. The smallest absolute Gasteiger partial charge is 0.323 e. The number of carbonyl (C=O) groups excluding carboxylic acids is 1. The fourth-order valence-corrected chi connectivity index (χ4v) is 2.65. The number of hydrogen-bond donors (Lipinski definition) is 2. The lowest BCUT2D eigenvalue weighted by Crippen LogP contribution is -2.50. The molecule has 5 heteroatoms. The van der Waals surface area contributed by atoms with E-state index < -0.39 is 5.97 Å². The van der Waals surface area contributed by atoms with Gasteiger partial charge >= 0.3 is 12.0 Å². The fraction of sp³-hybridized carbons (Fsp3) is 0.857. The van der Waals surface area contributed by atoms with Gasteiger partial charge in [-0.15, -0.1) is 0 Å². The molecule has 0 bridgehead atoms. The molecule has 2 unspecified atom stereocenters. The summed E-state index contributed by atoms with van der Waals surface area (Å²) in [6, 6.07) is -0.196. The van der Waals surface area contributed by atoms with Gasteiger partial charge in [-0.25, -0.2) is 4.79 Å². The molecule has 0 aromatic rings. The van der Waals surface area contributed by atoms with Crippen LogP contribution in [-0.4, -0.2) is 40.6 Å². The van der Waals surface area contributed by atoms with Crippen molar-refractivity contribution in [1.82, 2.24) is 10.2 Å². The van der Waals surface area contributed by atoms with Crippen LogP contribution < -0.4 is 5.32 Å². The molecule has 0 saturated heterocycles. The molecule has 0 heterocycles. The van der Waals surface area contributed by atoms with Gasteiger partial charge in [0.2, 0.25) is 0 Å². The van der Waals surface area contributed by atoms with Crippen LogP contribution >= 0.6 is 0 Å². The predicted molar refractivity (Wildman–Crippen MR) is 74.0 cm³/mol. The Kier molecular flexibility index (Phi) is 6.12. The van der Waals surface area contributed by atoms with Gasteiger partial charge in [-0.05, 0) is 39.0 Å². The van der Waals surface area contributed by atoms with Crippen LogP contribution in [0.25, 0.3) is 0 Å². The summed E-state index contributed by atoms with van der Waals surface area (Å²) < 4.78 is 0. The van der Waals surface area contributed by atoms with Gasteiger partial charge in [0.15, 0.2) is 0 Å². The molecule has 0 aromatic carbocycles. The predicted octanol–water partition coefficient (Wildman–Crippen LogP) is 2.46. The van der Waals surface area contributed by atoms with Crippen LogP contribution in [0.5, 0.6) is 0 Å². The number of carboxylic acids is 1. The van der Waals surface area contributed by atoms with E-state index in [4.69, 9.17) is 5.11 Å². The van der Waals surface area contributed by atoms with Gasteiger partial charge in [0.25, 0.3) is 0 Å². The van der Waals surface area contributed by atoms with Crippen LogP contribution in [0.4, 0.5) is 4.79 Å². The molecule has 1 saturated carbocycles. The Balaban J connectivity index is 2.57. The summed E-state index contributed by atoms with van der Waals surface area (Å²) in [5, 5.41) is 11.9. The zero-order valence-electron chi connectivity index (χ0n) is 12.2. The number of nitrogens with zero attached hydrogens (tertiary/aromatic N) is 1. The lowest BCUT2D eigenvalue weighted by molar-refractivity contribution is -0.138. The van der Waals surface area contributed by atoms with E-state index in [9.17, 15) is 9.59 Å². The van der Waals surface area contributed by atoms with Crippen molar-refractivity contribution in [3.63, 3.8) is 0 Å². The molecule has 5 nitrogen and oxygen atoms in total. The molecular formula is C14H26N2O3. The maximum atomic E-state index is 12.2. The third-order valence-corrected chi connectivity index (χ3v) is 4.15. The summed E-state index contributed by atoms with van der Waals surface area (Å²) in [5.41, 5.74) is 0. The van der Waals surface area contributed by atoms with Crippen LogP contribution in [0, 0.1) is 5.92 Å². The minimum absolute atomic E-state index is 0.0631. The molecule has 0 spiro atoms. The number of hydrogen-bond acceptors (Lipinski definition) is 2. The molecule has 0 aromatic heterocycles. The first-order chi connectivity index (χ1) is 8.95. The standard InChI is InChI=1S/C14H26N2O3/c1-4-10(2)16(9-13(17)18)14(19)15-11(3)12-7-5-6-8-12/h10-12H,4-9H2,1-3H3,(H,15,19)(H,17,18). The number of aliphatic carboxylic acids is 1. The topological polar surface area (TPSA) is 69.6 Å². The Morgan fingerprint density at radius 2 is 1.89 bits per heavy atom. The zero-order chi connectivity index (χ0) is 14.4. The summed E-state index contributed by atoms with van der Waals surface area (Å²) in [4.78, 5) is 24.5. The third kappa shape index (κ3) is 4.73. The van der Waals surface area contributed by atoms with E-state index >= 15 is 0 Å². The summed E-state index contributed by atoms with van der Waals surface area (Å²) in [6.07, 6.45) is 5.52. The van der Waals surface area contributed by atoms with Gasteiger partial charge < -0.3 is 15.3 Å². The number of urea groups is 1. The lowest BCUT2D eigenvalue weighted by Gasteiger charge is -2.30. The molecule has 1 aliphatic carbocycles. The first-order valence-corrected chi connectivity index (χ1v) is 7.24. The first kappa shape index (κ1) is 15.8. The van der Waals surface area contributed by atoms with Crippen molar-refractivity contribution in [3.05, 3.63) is 0 Å². The Bertz CT molecular complexity index is 314. The largest absolute Gasteiger partial charge is 0.480 e. The molecule has 0 radical (unpaired) electrons. The minimum Gasteiger partial charge on any atom is -0.480 e. The summed E-state index contributed by atoms with van der Waals surface area (Å²) in [5.74, 6) is -0.434. The second kappa shape index (κ2) is 7.36. The molecule has 1 aliphatic rings. The number of carbonyl (C=O) groups is 2. The molecule has 2 atom stereocenters. The van der Waals surface area contributed by atoms with Crippen molar-refractivity contribution in [2.24, 2.45) is 5.92 Å². The lowest BCUT2D eigenvalue weighted by atomic mass is 10.00. The molecule has 0 aliphatic heterocycles. The maximum absolute atomic E-state index is 12.2. The third-order valence-electron chi connectivity index (χ3n) is 4.15. The molecule has 1 rings (SSSR count). The Hall–Kier alpha value is -1.26. The Morgan fingerprint density at radius 1 is 1.32 bits per heavy atom. The van der Waals surface area contributed by atoms with Gasteiger partial charge in [0, 0.05) is 12.1 Å². The second-order valence-electron chi connectivity index (χ2n) is 5.56. The van der Waals surface area contributed by atoms with E-state index in [-0.39, 0.29) is 24.7 Å². The van der Waals surface area contributed by atoms with Crippen molar-refractivity contribution in [3.8, 4) is 0 Å². The van der Waals surface area contributed by atoms with Crippen LogP contribution in [-0.2, 0) is 4.79 Å². The Morgan fingerprint density at radius 3 is 2.37 bits per heavy atom.